The molecular formula is C16H27N3O2. The van der Waals surface area contributed by atoms with Gasteiger partial charge in [0.2, 0.25) is 5.91 Å². The summed E-state index contributed by atoms with van der Waals surface area (Å²) in [4.78, 5) is 13.5. The second-order valence-electron chi connectivity index (χ2n) is 5.12. The van der Waals surface area contributed by atoms with Crippen molar-refractivity contribution >= 4 is 5.91 Å². The van der Waals surface area contributed by atoms with Gasteiger partial charge in [-0.15, -0.1) is 0 Å². The zero-order valence-electron chi connectivity index (χ0n) is 13.1. The lowest BCUT2D eigenvalue weighted by Crippen LogP contribution is -2.37. The van der Waals surface area contributed by atoms with Crippen molar-refractivity contribution < 1.29 is 9.53 Å². The molecule has 0 saturated carbocycles. The van der Waals surface area contributed by atoms with E-state index in [9.17, 15) is 4.79 Å². The van der Waals surface area contributed by atoms with Crippen molar-refractivity contribution in [1.82, 2.24) is 10.2 Å². The SMILES string of the molecule is CCCNC(=O)CN(C)CCOc1ccc(CCN)cc1. The molecule has 0 radical (unpaired) electrons. The molecule has 1 rings (SSSR count). The van der Waals surface area contributed by atoms with Crippen molar-refractivity contribution in [2.24, 2.45) is 5.73 Å². The Balaban J connectivity index is 2.21. The zero-order chi connectivity index (χ0) is 15.5. The predicted octanol–water partition coefficient (Wildman–Crippen LogP) is 1.02. The number of amides is 1. The molecule has 1 aromatic carbocycles. The maximum atomic E-state index is 11.5. The monoisotopic (exact) mass is 293 g/mol. The van der Waals surface area contributed by atoms with Crippen molar-refractivity contribution in [3.63, 3.8) is 0 Å². The molecule has 0 atom stereocenters. The van der Waals surface area contributed by atoms with Gasteiger partial charge in [0.05, 0.1) is 6.54 Å². The molecule has 21 heavy (non-hydrogen) atoms. The van der Waals surface area contributed by atoms with Crippen LogP contribution in [0.5, 0.6) is 5.75 Å². The van der Waals surface area contributed by atoms with E-state index >= 15 is 0 Å². The van der Waals surface area contributed by atoms with Gasteiger partial charge in [0.15, 0.2) is 0 Å². The van der Waals surface area contributed by atoms with Gasteiger partial charge in [-0.2, -0.15) is 0 Å². The fraction of sp³-hybridized carbons (Fsp3) is 0.562. The Kier molecular flexibility index (Phi) is 8.47. The van der Waals surface area contributed by atoms with Gasteiger partial charge in [-0.25, -0.2) is 0 Å². The zero-order valence-corrected chi connectivity index (χ0v) is 13.1. The van der Waals surface area contributed by atoms with Crippen LogP contribution in [0.3, 0.4) is 0 Å². The Bertz CT molecular complexity index is 406. The summed E-state index contributed by atoms with van der Waals surface area (Å²) in [5.74, 6) is 0.907. The summed E-state index contributed by atoms with van der Waals surface area (Å²) in [6.07, 6.45) is 1.84. The number of carbonyl (C=O) groups is 1. The van der Waals surface area contributed by atoms with Crippen LogP contribution in [0.1, 0.15) is 18.9 Å². The van der Waals surface area contributed by atoms with Gasteiger partial charge in [0, 0.05) is 13.1 Å². The van der Waals surface area contributed by atoms with Crippen LogP contribution in [0.2, 0.25) is 0 Å². The number of nitrogens with one attached hydrogen (secondary N) is 1. The molecule has 5 nitrogen and oxygen atoms in total. The summed E-state index contributed by atoms with van der Waals surface area (Å²) in [5.41, 5.74) is 6.73. The second kappa shape index (κ2) is 10.2. The molecule has 0 spiro atoms. The highest BCUT2D eigenvalue weighted by Crippen LogP contribution is 2.12. The van der Waals surface area contributed by atoms with E-state index in [-0.39, 0.29) is 5.91 Å². The van der Waals surface area contributed by atoms with E-state index in [0.29, 0.717) is 26.2 Å². The normalized spacial score (nSPS) is 10.7. The number of benzene rings is 1. The molecule has 0 aliphatic heterocycles. The van der Waals surface area contributed by atoms with Crippen molar-refractivity contribution in [2.45, 2.75) is 19.8 Å². The van der Waals surface area contributed by atoms with E-state index in [4.69, 9.17) is 10.5 Å². The van der Waals surface area contributed by atoms with Crippen LogP contribution in [-0.4, -0.2) is 50.6 Å². The van der Waals surface area contributed by atoms with Gasteiger partial charge >= 0.3 is 0 Å². The van der Waals surface area contributed by atoms with Gasteiger partial charge in [0.1, 0.15) is 12.4 Å². The Morgan fingerprint density at radius 3 is 2.67 bits per heavy atom. The topological polar surface area (TPSA) is 67.6 Å². The molecule has 0 bridgehead atoms. The third-order valence-electron chi connectivity index (χ3n) is 3.08. The maximum Gasteiger partial charge on any atom is 0.234 e. The first-order valence-electron chi connectivity index (χ1n) is 7.52. The molecule has 0 aliphatic carbocycles. The summed E-state index contributed by atoms with van der Waals surface area (Å²) in [5, 5.41) is 2.86. The van der Waals surface area contributed by atoms with Gasteiger partial charge < -0.3 is 15.8 Å². The number of carbonyl (C=O) groups excluding carboxylic acids is 1. The van der Waals surface area contributed by atoms with Gasteiger partial charge in [0.25, 0.3) is 0 Å². The maximum absolute atomic E-state index is 11.5. The molecule has 0 saturated heterocycles. The van der Waals surface area contributed by atoms with Gasteiger partial charge in [-0.3, -0.25) is 9.69 Å². The number of rotatable bonds is 10. The third-order valence-corrected chi connectivity index (χ3v) is 3.08. The van der Waals surface area contributed by atoms with Crippen molar-refractivity contribution in [3.8, 4) is 5.75 Å². The van der Waals surface area contributed by atoms with Crippen LogP contribution in [-0.2, 0) is 11.2 Å². The largest absolute Gasteiger partial charge is 0.492 e. The van der Waals surface area contributed by atoms with E-state index in [1.165, 1.54) is 5.56 Å². The summed E-state index contributed by atoms with van der Waals surface area (Å²) >= 11 is 0. The van der Waals surface area contributed by atoms with Gasteiger partial charge in [-0.05, 0) is 44.1 Å². The highest BCUT2D eigenvalue weighted by Gasteiger charge is 2.05. The lowest BCUT2D eigenvalue weighted by atomic mass is 10.1. The fourth-order valence-electron chi connectivity index (χ4n) is 1.88. The number of nitrogens with zero attached hydrogens (tertiary/aromatic N) is 1. The lowest BCUT2D eigenvalue weighted by molar-refractivity contribution is -0.122. The Hall–Kier alpha value is -1.59. The first-order valence-corrected chi connectivity index (χ1v) is 7.52. The standard InChI is InChI=1S/C16H27N3O2/c1-3-10-18-16(20)13-19(2)11-12-21-15-6-4-14(5-7-15)8-9-17/h4-7H,3,8-13,17H2,1-2H3,(H,18,20). The van der Waals surface area contributed by atoms with Crippen LogP contribution in [0.15, 0.2) is 24.3 Å². The Morgan fingerprint density at radius 2 is 2.05 bits per heavy atom. The first-order chi connectivity index (χ1) is 10.2. The van der Waals surface area contributed by atoms with Crippen LogP contribution in [0.25, 0.3) is 0 Å². The molecule has 0 heterocycles. The number of hydrogen-bond acceptors (Lipinski definition) is 4. The molecule has 3 N–H and O–H groups in total. The average Bonchev–Trinajstić information content (AvgIpc) is 2.47. The van der Waals surface area contributed by atoms with Crippen LogP contribution in [0, 0.1) is 0 Å². The highest BCUT2D eigenvalue weighted by molar-refractivity contribution is 5.77. The van der Waals surface area contributed by atoms with E-state index in [0.717, 1.165) is 25.1 Å². The molecule has 5 heteroatoms. The number of nitrogens with two attached hydrogens (primary N) is 1. The molecule has 0 aromatic heterocycles. The van der Waals surface area contributed by atoms with E-state index < -0.39 is 0 Å². The van der Waals surface area contributed by atoms with Crippen molar-refractivity contribution in [3.05, 3.63) is 29.8 Å². The number of likely N-dealkylation sites (N-methyl/N-ethyl adjacent to an activating group) is 1. The summed E-state index contributed by atoms with van der Waals surface area (Å²) < 4.78 is 5.67. The summed E-state index contributed by atoms with van der Waals surface area (Å²) in [6, 6.07) is 7.98. The predicted molar refractivity (Wildman–Crippen MR) is 85.5 cm³/mol. The lowest BCUT2D eigenvalue weighted by Gasteiger charge is -2.16. The molecule has 1 aromatic rings. The third kappa shape index (κ3) is 7.68. The van der Waals surface area contributed by atoms with E-state index in [1.54, 1.807) is 0 Å². The molecule has 0 aliphatic rings. The minimum absolute atomic E-state index is 0.0606. The number of ether oxygens (including phenoxy) is 1. The Morgan fingerprint density at radius 1 is 1.33 bits per heavy atom. The van der Waals surface area contributed by atoms with Crippen LogP contribution in [0.4, 0.5) is 0 Å². The molecule has 0 fully saturated rings. The van der Waals surface area contributed by atoms with Crippen LogP contribution < -0.4 is 15.8 Å². The van der Waals surface area contributed by atoms with E-state index in [1.807, 2.05) is 43.1 Å². The van der Waals surface area contributed by atoms with Crippen LogP contribution >= 0.6 is 0 Å². The minimum Gasteiger partial charge on any atom is -0.492 e. The molecule has 0 unspecified atom stereocenters. The molecule has 118 valence electrons. The first kappa shape index (κ1) is 17.5. The van der Waals surface area contributed by atoms with Gasteiger partial charge in [-0.1, -0.05) is 19.1 Å². The molecular weight excluding hydrogens is 266 g/mol. The Labute approximate surface area is 127 Å². The van der Waals surface area contributed by atoms with E-state index in [2.05, 4.69) is 5.32 Å². The smallest absolute Gasteiger partial charge is 0.234 e. The average molecular weight is 293 g/mol. The quantitative estimate of drug-likeness (QED) is 0.676. The highest BCUT2D eigenvalue weighted by atomic mass is 16.5. The second-order valence-corrected chi connectivity index (χ2v) is 5.12. The fourth-order valence-corrected chi connectivity index (χ4v) is 1.88. The van der Waals surface area contributed by atoms with Crippen molar-refractivity contribution in [2.75, 3.05) is 39.8 Å². The summed E-state index contributed by atoms with van der Waals surface area (Å²) in [7, 11) is 1.92. The summed E-state index contributed by atoms with van der Waals surface area (Å²) in [6.45, 7) is 5.11. The van der Waals surface area contributed by atoms with Crippen molar-refractivity contribution in [1.29, 1.82) is 0 Å². The molecule has 1 amide bonds. The minimum atomic E-state index is 0.0606. The number of hydrogen-bond donors (Lipinski definition) is 2.